The lowest BCUT2D eigenvalue weighted by Gasteiger charge is -2.29. The number of nitrogens with one attached hydrogen (secondary N) is 1. The van der Waals surface area contributed by atoms with Crippen LogP contribution in [-0.4, -0.2) is 40.3 Å². The second-order valence-electron chi connectivity index (χ2n) is 4.72. The molecule has 2 N–H and O–H groups in total. The van der Waals surface area contributed by atoms with Gasteiger partial charge in [-0.2, -0.15) is 4.98 Å². The topological polar surface area (TPSA) is 61.3 Å². The lowest BCUT2D eigenvalue weighted by Crippen LogP contribution is -2.39. The number of aliphatic hydroxyl groups is 1. The fourth-order valence-electron chi connectivity index (χ4n) is 1.63. The highest BCUT2D eigenvalue weighted by Crippen LogP contribution is 2.25. The average molecular weight is 317 g/mol. The highest BCUT2D eigenvalue weighted by atomic mass is 79.9. The van der Waals surface area contributed by atoms with Gasteiger partial charge in [0, 0.05) is 25.8 Å². The van der Waals surface area contributed by atoms with Gasteiger partial charge in [0.15, 0.2) is 0 Å². The highest BCUT2D eigenvalue weighted by Gasteiger charge is 2.20. The molecule has 0 amide bonds. The second-order valence-corrected chi connectivity index (χ2v) is 5.58. The fourth-order valence-corrected chi connectivity index (χ4v) is 2.07. The molecule has 0 fully saturated rings. The largest absolute Gasteiger partial charge is 0.389 e. The minimum atomic E-state index is -0.765. The predicted octanol–water partition coefficient (Wildman–Crippen LogP) is 2.27. The van der Waals surface area contributed by atoms with Gasteiger partial charge in [-0.05, 0) is 43.6 Å². The molecular weight excluding hydrogens is 296 g/mol. The van der Waals surface area contributed by atoms with Crippen molar-refractivity contribution in [2.45, 2.75) is 33.3 Å². The first-order valence-corrected chi connectivity index (χ1v) is 6.90. The van der Waals surface area contributed by atoms with E-state index in [1.807, 2.05) is 18.7 Å². The summed E-state index contributed by atoms with van der Waals surface area (Å²) < 4.78 is 0.829. The predicted molar refractivity (Wildman–Crippen MR) is 78.1 cm³/mol. The molecule has 1 aromatic heterocycles. The molecule has 0 bridgehead atoms. The van der Waals surface area contributed by atoms with Crippen molar-refractivity contribution in [1.82, 2.24) is 9.97 Å². The Morgan fingerprint density at radius 1 is 1.44 bits per heavy atom. The molecule has 0 aliphatic heterocycles. The summed E-state index contributed by atoms with van der Waals surface area (Å²) >= 11 is 3.45. The molecule has 0 unspecified atom stereocenters. The number of halogens is 1. The Labute approximate surface area is 117 Å². The summed E-state index contributed by atoms with van der Waals surface area (Å²) in [6.45, 7) is 9.67. The van der Waals surface area contributed by atoms with Crippen LogP contribution in [0.2, 0.25) is 0 Å². The van der Waals surface area contributed by atoms with Crippen LogP contribution in [0.4, 0.5) is 11.8 Å². The molecule has 18 heavy (non-hydrogen) atoms. The van der Waals surface area contributed by atoms with Crippen molar-refractivity contribution in [3.05, 3.63) is 10.7 Å². The molecule has 0 saturated heterocycles. The van der Waals surface area contributed by atoms with Gasteiger partial charge < -0.3 is 15.3 Å². The lowest BCUT2D eigenvalue weighted by atomic mass is 10.1. The summed E-state index contributed by atoms with van der Waals surface area (Å²) in [6, 6.07) is 0. The quantitative estimate of drug-likeness (QED) is 0.843. The first-order valence-electron chi connectivity index (χ1n) is 6.11. The third-order valence-electron chi connectivity index (χ3n) is 2.32. The fraction of sp³-hybridized carbons (Fsp3) is 0.667. The second kappa shape index (κ2) is 6.33. The first kappa shape index (κ1) is 15.2. The molecular formula is C12H21BrN4O. The Balaban J connectivity index is 3.00. The number of rotatable bonds is 6. The van der Waals surface area contributed by atoms with Crippen molar-refractivity contribution in [3.63, 3.8) is 0 Å². The summed E-state index contributed by atoms with van der Waals surface area (Å²) in [5.74, 6) is 1.40. The zero-order valence-corrected chi connectivity index (χ0v) is 13.0. The Hall–Kier alpha value is -0.880. The van der Waals surface area contributed by atoms with E-state index in [2.05, 4.69) is 31.2 Å². The number of likely N-dealkylation sites (N-methyl/N-ethyl adjacent to an activating group) is 1. The molecule has 6 heteroatoms. The summed E-state index contributed by atoms with van der Waals surface area (Å²) in [4.78, 5) is 10.7. The van der Waals surface area contributed by atoms with E-state index in [1.54, 1.807) is 20.0 Å². The van der Waals surface area contributed by atoms with Crippen LogP contribution >= 0.6 is 15.9 Å². The van der Waals surface area contributed by atoms with E-state index >= 15 is 0 Å². The highest BCUT2D eigenvalue weighted by molar-refractivity contribution is 9.10. The van der Waals surface area contributed by atoms with Crippen molar-refractivity contribution in [2.75, 3.05) is 29.9 Å². The van der Waals surface area contributed by atoms with Crippen LogP contribution in [0.25, 0.3) is 0 Å². The van der Waals surface area contributed by atoms with Crippen LogP contribution < -0.4 is 10.2 Å². The van der Waals surface area contributed by atoms with Gasteiger partial charge in [0.2, 0.25) is 5.95 Å². The Kier molecular flexibility index (Phi) is 5.34. The van der Waals surface area contributed by atoms with Crippen LogP contribution in [0.3, 0.4) is 0 Å². The maximum Gasteiger partial charge on any atom is 0.224 e. The van der Waals surface area contributed by atoms with E-state index in [-0.39, 0.29) is 0 Å². The summed E-state index contributed by atoms with van der Waals surface area (Å²) in [6.07, 6.45) is 1.73. The molecule has 1 heterocycles. The minimum Gasteiger partial charge on any atom is -0.389 e. The van der Waals surface area contributed by atoms with Gasteiger partial charge in [-0.25, -0.2) is 4.98 Å². The van der Waals surface area contributed by atoms with Gasteiger partial charge in [0.1, 0.15) is 5.82 Å². The van der Waals surface area contributed by atoms with E-state index in [4.69, 9.17) is 0 Å². The molecule has 102 valence electrons. The molecule has 0 aliphatic carbocycles. The van der Waals surface area contributed by atoms with Crippen LogP contribution in [0.15, 0.2) is 10.7 Å². The summed E-state index contributed by atoms with van der Waals surface area (Å²) in [5.41, 5.74) is -0.765. The zero-order chi connectivity index (χ0) is 13.8. The van der Waals surface area contributed by atoms with Crippen molar-refractivity contribution in [2.24, 2.45) is 0 Å². The monoisotopic (exact) mass is 316 g/mol. The first-order chi connectivity index (χ1) is 8.37. The number of nitrogens with zero attached hydrogens (tertiary/aromatic N) is 3. The zero-order valence-electron chi connectivity index (χ0n) is 11.4. The van der Waals surface area contributed by atoms with E-state index < -0.39 is 5.60 Å². The normalized spacial score (nSPS) is 11.4. The van der Waals surface area contributed by atoms with E-state index in [9.17, 15) is 5.11 Å². The van der Waals surface area contributed by atoms with Crippen LogP contribution in [0, 0.1) is 0 Å². The summed E-state index contributed by atoms with van der Waals surface area (Å²) in [5, 5.41) is 13.0. The number of hydrogen-bond acceptors (Lipinski definition) is 5. The van der Waals surface area contributed by atoms with Gasteiger partial charge in [-0.15, -0.1) is 0 Å². The standard InChI is InChI=1S/C12H21BrN4O/c1-5-14-11-15-7-9(13)10(16-11)17(6-2)8-12(3,4)18/h7,18H,5-6,8H2,1-4H3,(H,14,15,16). The number of hydrogen-bond donors (Lipinski definition) is 2. The van der Waals surface area contributed by atoms with Crippen LogP contribution in [0.1, 0.15) is 27.7 Å². The minimum absolute atomic E-state index is 0.519. The summed E-state index contributed by atoms with van der Waals surface area (Å²) in [7, 11) is 0. The Morgan fingerprint density at radius 3 is 2.61 bits per heavy atom. The van der Waals surface area contributed by atoms with Gasteiger partial charge >= 0.3 is 0 Å². The van der Waals surface area contributed by atoms with Crippen molar-refractivity contribution < 1.29 is 5.11 Å². The van der Waals surface area contributed by atoms with Crippen molar-refractivity contribution >= 4 is 27.7 Å². The van der Waals surface area contributed by atoms with E-state index in [0.29, 0.717) is 12.5 Å². The molecule has 0 saturated carbocycles. The van der Waals surface area contributed by atoms with Crippen molar-refractivity contribution in [3.8, 4) is 0 Å². The lowest BCUT2D eigenvalue weighted by molar-refractivity contribution is 0.0874. The maximum absolute atomic E-state index is 9.93. The van der Waals surface area contributed by atoms with E-state index in [1.165, 1.54) is 0 Å². The maximum atomic E-state index is 9.93. The third-order valence-corrected chi connectivity index (χ3v) is 2.88. The van der Waals surface area contributed by atoms with Crippen LogP contribution in [0.5, 0.6) is 0 Å². The molecule has 1 aromatic rings. The molecule has 0 spiro atoms. The third kappa shape index (κ3) is 4.42. The Morgan fingerprint density at radius 2 is 2.11 bits per heavy atom. The Bertz CT molecular complexity index is 392. The van der Waals surface area contributed by atoms with Gasteiger partial charge in [-0.3, -0.25) is 0 Å². The number of aromatic nitrogens is 2. The van der Waals surface area contributed by atoms with E-state index in [0.717, 1.165) is 23.4 Å². The molecule has 0 aliphatic rings. The molecule has 0 radical (unpaired) electrons. The molecule has 0 aromatic carbocycles. The van der Waals surface area contributed by atoms with Crippen molar-refractivity contribution in [1.29, 1.82) is 0 Å². The average Bonchev–Trinajstić information content (AvgIpc) is 2.28. The molecule has 1 rings (SSSR count). The van der Waals surface area contributed by atoms with Crippen LogP contribution in [-0.2, 0) is 0 Å². The number of anilines is 2. The van der Waals surface area contributed by atoms with Gasteiger partial charge in [0.05, 0.1) is 10.1 Å². The van der Waals surface area contributed by atoms with Gasteiger partial charge in [0.25, 0.3) is 0 Å². The molecule has 0 atom stereocenters. The molecule has 5 nitrogen and oxygen atoms in total. The smallest absolute Gasteiger partial charge is 0.224 e. The SMILES string of the molecule is CCNc1ncc(Br)c(N(CC)CC(C)(C)O)n1. The van der Waals surface area contributed by atoms with Gasteiger partial charge in [-0.1, -0.05) is 0 Å².